The first-order valence-corrected chi connectivity index (χ1v) is 6.79. The fourth-order valence-electron chi connectivity index (χ4n) is 2.59. The molecule has 1 fully saturated rings. The maximum Gasteiger partial charge on any atom is 0.242 e. The maximum absolute atomic E-state index is 12.2. The Balaban J connectivity index is 1.74. The number of fused-ring (bicyclic) bond motifs is 1. The number of hydrogen-bond donors (Lipinski definition) is 2. The van der Waals surface area contributed by atoms with E-state index in [0.29, 0.717) is 17.1 Å². The number of aliphatic hydroxyl groups is 1. The highest BCUT2D eigenvalue weighted by Gasteiger charge is 2.30. The van der Waals surface area contributed by atoms with Gasteiger partial charge in [0.15, 0.2) is 11.5 Å². The van der Waals surface area contributed by atoms with Crippen molar-refractivity contribution >= 4 is 5.91 Å². The van der Waals surface area contributed by atoms with Gasteiger partial charge in [-0.15, -0.1) is 0 Å². The molecule has 0 spiro atoms. The van der Waals surface area contributed by atoms with Gasteiger partial charge >= 0.3 is 0 Å². The zero-order chi connectivity index (χ0) is 14.1. The molecule has 0 saturated carbocycles. The predicted molar refractivity (Wildman–Crippen MR) is 71.3 cm³/mol. The lowest BCUT2D eigenvalue weighted by atomic mass is 10.2. The minimum atomic E-state index is -1.04. The third-order valence-electron chi connectivity index (χ3n) is 3.78. The summed E-state index contributed by atoms with van der Waals surface area (Å²) >= 11 is 0. The minimum Gasteiger partial charge on any atom is -0.454 e. The van der Waals surface area contributed by atoms with Crippen LogP contribution in [-0.2, 0) is 4.79 Å². The summed E-state index contributed by atoms with van der Waals surface area (Å²) in [4.78, 5) is 13.9. The van der Waals surface area contributed by atoms with Crippen molar-refractivity contribution in [2.24, 2.45) is 5.73 Å². The monoisotopic (exact) mass is 280 g/mol. The SMILES string of the molecule is N[C@H](C(=O)N1CCCC1)[14C@@H](O)c1ccc2c(c1)OCO2. The topological polar surface area (TPSA) is 85.0 Å². The van der Waals surface area contributed by atoms with Gasteiger partial charge in [0.25, 0.3) is 0 Å². The van der Waals surface area contributed by atoms with Crippen LogP contribution in [0.3, 0.4) is 0 Å². The molecule has 1 aromatic carbocycles. The van der Waals surface area contributed by atoms with Crippen molar-refractivity contribution in [3.8, 4) is 11.5 Å². The van der Waals surface area contributed by atoms with E-state index in [1.807, 2.05) is 0 Å². The van der Waals surface area contributed by atoms with Gasteiger partial charge in [0.1, 0.15) is 12.1 Å². The van der Waals surface area contributed by atoms with Gasteiger partial charge in [0, 0.05) is 13.1 Å². The van der Waals surface area contributed by atoms with Gasteiger partial charge in [0.2, 0.25) is 12.7 Å². The van der Waals surface area contributed by atoms with Crippen molar-refractivity contribution in [2.75, 3.05) is 19.9 Å². The molecule has 0 unspecified atom stereocenters. The van der Waals surface area contributed by atoms with E-state index in [1.54, 1.807) is 23.1 Å². The molecular weight excluding hydrogens is 262 g/mol. The summed E-state index contributed by atoms with van der Waals surface area (Å²) < 4.78 is 10.5. The van der Waals surface area contributed by atoms with E-state index >= 15 is 0 Å². The molecule has 0 aliphatic carbocycles. The van der Waals surface area contributed by atoms with Crippen LogP contribution >= 0.6 is 0 Å². The fraction of sp³-hybridized carbons (Fsp3) is 0.500. The highest BCUT2D eigenvalue weighted by atomic mass is 16.7. The summed E-state index contributed by atoms with van der Waals surface area (Å²) in [6, 6.07) is 4.14. The standard InChI is InChI=1S/C14H18N2O4/c15-12(14(18)16-5-1-2-6-16)13(17)9-3-4-10-11(7-9)20-8-19-10/h3-4,7,12-13,17H,1-2,5-6,8,15H2/t12-,13-/m0/s1/i13+2. The molecule has 6 nitrogen and oxygen atoms in total. The lowest BCUT2D eigenvalue weighted by Crippen LogP contribution is -2.45. The minimum absolute atomic E-state index is 0.174. The summed E-state index contributed by atoms with van der Waals surface area (Å²) in [5, 5.41) is 10.3. The molecule has 2 aliphatic rings. The fourth-order valence-corrected chi connectivity index (χ4v) is 2.59. The second kappa shape index (κ2) is 5.30. The second-order valence-corrected chi connectivity index (χ2v) is 5.12. The summed E-state index contributed by atoms with van der Waals surface area (Å²) in [6.45, 7) is 1.62. The Kier molecular flexibility index (Phi) is 3.50. The number of ether oxygens (including phenoxy) is 2. The van der Waals surface area contributed by atoms with Crippen LogP contribution in [0.25, 0.3) is 0 Å². The van der Waals surface area contributed by atoms with E-state index < -0.39 is 12.1 Å². The van der Waals surface area contributed by atoms with Crippen molar-refractivity contribution in [2.45, 2.75) is 25.0 Å². The zero-order valence-electron chi connectivity index (χ0n) is 11.1. The lowest BCUT2D eigenvalue weighted by Gasteiger charge is -2.24. The van der Waals surface area contributed by atoms with Crippen LogP contribution in [0.2, 0.25) is 0 Å². The number of benzene rings is 1. The summed E-state index contributed by atoms with van der Waals surface area (Å²) in [5.41, 5.74) is 6.47. The van der Waals surface area contributed by atoms with Gasteiger partial charge in [-0.1, -0.05) is 6.07 Å². The van der Waals surface area contributed by atoms with Crippen LogP contribution in [0.1, 0.15) is 24.5 Å². The zero-order valence-corrected chi connectivity index (χ0v) is 11.1. The number of hydrogen-bond acceptors (Lipinski definition) is 5. The first kappa shape index (κ1) is 13.2. The van der Waals surface area contributed by atoms with E-state index in [1.165, 1.54) is 0 Å². The maximum atomic E-state index is 12.2. The number of nitrogens with zero attached hydrogens (tertiary/aromatic N) is 1. The molecule has 2 aliphatic heterocycles. The number of rotatable bonds is 3. The van der Waals surface area contributed by atoms with Crippen LogP contribution in [0.4, 0.5) is 0 Å². The Morgan fingerprint density at radius 3 is 2.75 bits per heavy atom. The van der Waals surface area contributed by atoms with Gasteiger partial charge in [-0.05, 0) is 30.5 Å². The van der Waals surface area contributed by atoms with Crippen LogP contribution < -0.4 is 15.2 Å². The van der Waals surface area contributed by atoms with Crippen LogP contribution in [0, 0.1) is 0 Å². The molecular formula is C14H18N2O4. The molecule has 1 amide bonds. The third-order valence-corrected chi connectivity index (χ3v) is 3.78. The summed E-state index contributed by atoms with van der Waals surface area (Å²) in [7, 11) is 0. The molecule has 2 heterocycles. The second-order valence-electron chi connectivity index (χ2n) is 5.12. The smallest absolute Gasteiger partial charge is 0.242 e. The Labute approximate surface area is 117 Å². The number of likely N-dealkylation sites (tertiary alicyclic amines) is 1. The highest BCUT2D eigenvalue weighted by Crippen LogP contribution is 2.34. The van der Waals surface area contributed by atoms with E-state index in [-0.39, 0.29) is 12.7 Å². The van der Waals surface area contributed by atoms with E-state index in [9.17, 15) is 9.90 Å². The van der Waals surface area contributed by atoms with Crippen LogP contribution in [0.15, 0.2) is 18.2 Å². The van der Waals surface area contributed by atoms with Crippen molar-refractivity contribution in [1.82, 2.24) is 4.90 Å². The number of nitrogens with two attached hydrogens (primary N) is 1. The molecule has 20 heavy (non-hydrogen) atoms. The normalized spacial score (nSPS) is 20.0. The van der Waals surface area contributed by atoms with E-state index in [0.717, 1.165) is 25.9 Å². The third kappa shape index (κ3) is 2.32. The Morgan fingerprint density at radius 1 is 1.30 bits per heavy atom. The van der Waals surface area contributed by atoms with Crippen LogP contribution in [-0.4, -0.2) is 41.8 Å². The number of amides is 1. The van der Waals surface area contributed by atoms with E-state index in [4.69, 9.17) is 15.2 Å². The average Bonchev–Trinajstić information content (AvgIpc) is 3.14. The summed E-state index contributed by atoms with van der Waals surface area (Å²) in [5.74, 6) is 1.01. The molecule has 3 rings (SSSR count). The van der Waals surface area contributed by atoms with Gasteiger partial charge in [-0.2, -0.15) is 0 Å². The number of aliphatic hydroxyl groups excluding tert-OH is 1. The number of carbonyl (C=O) groups is 1. The van der Waals surface area contributed by atoms with Gasteiger partial charge in [0.05, 0.1) is 0 Å². The largest absolute Gasteiger partial charge is 0.454 e. The quantitative estimate of drug-likeness (QED) is 0.837. The lowest BCUT2D eigenvalue weighted by molar-refractivity contribution is -0.134. The molecule has 6 heteroatoms. The molecule has 0 radical (unpaired) electrons. The van der Waals surface area contributed by atoms with Crippen molar-refractivity contribution in [3.63, 3.8) is 0 Å². The Bertz CT molecular complexity index is 514. The number of carbonyl (C=O) groups excluding carboxylic acids is 1. The van der Waals surface area contributed by atoms with Crippen molar-refractivity contribution < 1.29 is 19.4 Å². The highest BCUT2D eigenvalue weighted by molar-refractivity contribution is 5.82. The van der Waals surface area contributed by atoms with Gasteiger partial charge < -0.3 is 25.2 Å². The molecule has 1 saturated heterocycles. The van der Waals surface area contributed by atoms with Crippen molar-refractivity contribution in [3.05, 3.63) is 23.8 Å². The predicted octanol–water partition coefficient (Wildman–Crippen LogP) is 0.398. The van der Waals surface area contributed by atoms with E-state index in [2.05, 4.69) is 0 Å². The van der Waals surface area contributed by atoms with Gasteiger partial charge in [-0.25, -0.2) is 0 Å². The average molecular weight is 280 g/mol. The molecule has 108 valence electrons. The van der Waals surface area contributed by atoms with Crippen LogP contribution in [0.5, 0.6) is 11.5 Å². The Morgan fingerprint density at radius 2 is 2.00 bits per heavy atom. The first-order valence-electron chi connectivity index (χ1n) is 6.79. The molecule has 1 aromatic rings. The molecule has 2 atom stereocenters. The Hall–Kier alpha value is -1.79. The molecule has 0 bridgehead atoms. The first-order chi connectivity index (χ1) is 9.66. The molecule has 0 aromatic heterocycles. The van der Waals surface area contributed by atoms with Gasteiger partial charge in [-0.3, -0.25) is 4.79 Å². The molecule has 3 N–H and O–H groups in total. The summed E-state index contributed by atoms with van der Waals surface area (Å²) in [6.07, 6.45) is 0.953. The van der Waals surface area contributed by atoms with Crippen molar-refractivity contribution in [1.29, 1.82) is 0 Å².